The highest BCUT2D eigenvalue weighted by molar-refractivity contribution is 5.78. The molecule has 5 rings (SSSR count). The van der Waals surface area contributed by atoms with Crippen LogP contribution in [0.15, 0.2) is 54.6 Å². The molecule has 1 amide bonds. The largest absolute Gasteiger partial charge is 0.484 e. The summed E-state index contributed by atoms with van der Waals surface area (Å²) in [5.74, 6) is 3.46. The fourth-order valence-electron chi connectivity index (χ4n) is 4.07. The molecule has 2 aliphatic rings. The number of hydrogen-bond acceptors (Lipinski definition) is 7. The lowest BCUT2D eigenvalue weighted by molar-refractivity contribution is -0.133. The number of carbonyl (C=O) groups is 1. The maximum Gasteiger partial charge on any atom is 0.260 e. The third-order valence-electron chi connectivity index (χ3n) is 6.18. The lowest BCUT2D eigenvalue weighted by Gasteiger charge is -2.35. The van der Waals surface area contributed by atoms with Crippen molar-refractivity contribution >= 4 is 11.7 Å². The zero-order valence-electron chi connectivity index (χ0n) is 19.4. The molecule has 1 fully saturated rings. The van der Waals surface area contributed by atoms with E-state index >= 15 is 0 Å². The normalized spacial score (nSPS) is 15.0. The minimum atomic E-state index is -0.00294. The highest BCUT2D eigenvalue weighted by Crippen LogP contribution is 2.35. The maximum atomic E-state index is 12.6. The molecule has 0 saturated carbocycles. The van der Waals surface area contributed by atoms with Crippen molar-refractivity contribution in [2.45, 2.75) is 19.8 Å². The van der Waals surface area contributed by atoms with E-state index in [2.05, 4.69) is 28.9 Å². The monoisotopic (exact) mass is 460 g/mol. The van der Waals surface area contributed by atoms with E-state index in [1.807, 2.05) is 59.5 Å². The van der Waals surface area contributed by atoms with Crippen LogP contribution in [0.25, 0.3) is 11.3 Å². The Hall–Kier alpha value is -3.81. The van der Waals surface area contributed by atoms with Gasteiger partial charge in [0.1, 0.15) is 5.75 Å². The van der Waals surface area contributed by atoms with Gasteiger partial charge in [0, 0.05) is 31.7 Å². The van der Waals surface area contributed by atoms with Crippen LogP contribution in [0.2, 0.25) is 0 Å². The van der Waals surface area contributed by atoms with Gasteiger partial charge in [0.2, 0.25) is 6.79 Å². The average Bonchev–Trinajstić information content (AvgIpc) is 3.36. The Morgan fingerprint density at radius 1 is 0.941 bits per heavy atom. The summed E-state index contributed by atoms with van der Waals surface area (Å²) in [6.07, 6.45) is 0. The summed E-state index contributed by atoms with van der Waals surface area (Å²) in [7, 11) is 0. The van der Waals surface area contributed by atoms with E-state index in [4.69, 9.17) is 14.2 Å². The molecule has 0 unspecified atom stereocenters. The minimum Gasteiger partial charge on any atom is -0.484 e. The zero-order chi connectivity index (χ0) is 23.5. The van der Waals surface area contributed by atoms with Crippen LogP contribution < -0.4 is 19.1 Å². The molecule has 3 heterocycles. The Morgan fingerprint density at radius 3 is 2.41 bits per heavy atom. The van der Waals surface area contributed by atoms with Crippen molar-refractivity contribution in [1.82, 2.24) is 15.1 Å². The predicted octanol–water partition coefficient (Wildman–Crippen LogP) is 3.72. The van der Waals surface area contributed by atoms with Gasteiger partial charge in [0.05, 0.1) is 5.69 Å². The fourth-order valence-corrected chi connectivity index (χ4v) is 4.07. The molecule has 0 bridgehead atoms. The van der Waals surface area contributed by atoms with Gasteiger partial charge >= 0.3 is 0 Å². The summed E-state index contributed by atoms with van der Waals surface area (Å²) >= 11 is 0. The van der Waals surface area contributed by atoms with E-state index in [1.165, 1.54) is 5.56 Å². The summed E-state index contributed by atoms with van der Waals surface area (Å²) in [5.41, 5.74) is 2.95. The number of benzene rings is 2. The number of piperazine rings is 1. The van der Waals surface area contributed by atoms with Crippen molar-refractivity contribution < 1.29 is 19.0 Å². The molecule has 1 saturated heterocycles. The smallest absolute Gasteiger partial charge is 0.260 e. The Kier molecular flexibility index (Phi) is 6.20. The van der Waals surface area contributed by atoms with Crippen LogP contribution in [-0.4, -0.2) is 60.6 Å². The van der Waals surface area contributed by atoms with Crippen LogP contribution in [0.1, 0.15) is 25.3 Å². The Balaban J connectivity index is 1.12. The molecular weight excluding hydrogens is 432 g/mol. The van der Waals surface area contributed by atoms with Crippen LogP contribution in [0, 0.1) is 0 Å². The molecule has 0 radical (unpaired) electrons. The Bertz CT molecular complexity index is 1140. The van der Waals surface area contributed by atoms with Crippen LogP contribution >= 0.6 is 0 Å². The molecule has 34 heavy (non-hydrogen) atoms. The van der Waals surface area contributed by atoms with Crippen molar-refractivity contribution in [2.24, 2.45) is 0 Å². The van der Waals surface area contributed by atoms with E-state index in [0.29, 0.717) is 37.8 Å². The highest BCUT2D eigenvalue weighted by Gasteiger charge is 2.23. The van der Waals surface area contributed by atoms with Crippen molar-refractivity contribution in [3.8, 4) is 28.5 Å². The number of hydrogen-bond donors (Lipinski definition) is 0. The third kappa shape index (κ3) is 4.76. The molecule has 8 nitrogen and oxygen atoms in total. The lowest BCUT2D eigenvalue weighted by Crippen LogP contribution is -2.50. The summed E-state index contributed by atoms with van der Waals surface area (Å²) in [6.45, 7) is 7.25. The number of anilines is 1. The molecule has 1 aromatic heterocycles. The average molecular weight is 461 g/mol. The fraction of sp³-hybridized carbons (Fsp3) is 0.346. The first-order chi connectivity index (χ1) is 16.6. The van der Waals surface area contributed by atoms with Crippen LogP contribution in [0.3, 0.4) is 0 Å². The van der Waals surface area contributed by atoms with Gasteiger partial charge in [-0.05, 0) is 53.9 Å². The summed E-state index contributed by atoms with van der Waals surface area (Å²) in [4.78, 5) is 16.6. The van der Waals surface area contributed by atoms with Crippen molar-refractivity contribution in [2.75, 3.05) is 44.5 Å². The first-order valence-electron chi connectivity index (χ1n) is 11.6. The van der Waals surface area contributed by atoms with Gasteiger partial charge in [-0.2, -0.15) is 0 Å². The number of ether oxygens (including phenoxy) is 3. The topological polar surface area (TPSA) is 77.0 Å². The van der Waals surface area contributed by atoms with Gasteiger partial charge in [0.15, 0.2) is 23.9 Å². The second-order valence-corrected chi connectivity index (χ2v) is 8.73. The highest BCUT2D eigenvalue weighted by atomic mass is 16.7. The van der Waals surface area contributed by atoms with Crippen molar-refractivity contribution in [3.05, 3.63) is 60.2 Å². The SMILES string of the molecule is CC(C)c1ccc(OCC(=O)N2CCN(c3ccc(-c4ccc5c(c4)OCO5)nn3)CC2)cc1. The number of nitrogens with zero attached hydrogens (tertiary/aromatic N) is 4. The van der Waals surface area contributed by atoms with Gasteiger partial charge in [-0.3, -0.25) is 4.79 Å². The molecule has 2 aromatic carbocycles. The molecule has 0 N–H and O–H groups in total. The first-order valence-corrected chi connectivity index (χ1v) is 11.6. The molecule has 2 aliphatic heterocycles. The van der Waals surface area contributed by atoms with Crippen molar-refractivity contribution in [3.63, 3.8) is 0 Å². The molecule has 3 aromatic rings. The van der Waals surface area contributed by atoms with E-state index in [0.717, 1.165) is 28.6 Å². The summed E-state index contributed by atoms with van der Waals surface area (Å²) in [5, 5.41) is 8.81. The number of fused-ring (bicyclic) bond motifs is 1. The van der Waals surface area contributed by atoms with Crippen molar-refractivity contribution in [1.29, 1.82) is 0 Å². The molecule has 176 valence electrons. The number of amides is 1. The first kappa shape index (κ1) is 22.0. The zero-order valence-corrected chi connectivity index (χ0v) is 19.4. The number of aromatic nitrogens is 2. The van der Waals surface area contributed by atoms with E-state index in [-0.39, 0.29) is 19.3 Å². The van der Waals surface area contributed by atoms with Gasteiger partial charge in [-0.25, -0.2) is 0 Å². The molecule has 0 atom stereocenters. The molecule has 0 spiro atoms. The molecular formula is C26H28N4O4. The summed E-state index contributed by atoms with van der Waals surface area (Å²) in [6, 6.07) is 17.6. The van der Waals surface area contributed by atoms with E-state index in [9.17, 15) is 4.79 Å². The summed E-state index contributed by atoms with van der Waals surface area (Å²) < 4.78 is 16.5. The van der Waals surface area contributed by atoms with E-state index < -0.39 is 0 Å². The minimum absolute atomic E-state index is 0.00294. The number of carbonyl (C=O) groups excluding carboxylic acids is 1. The maximum absolute atomic E-state index is 12.6. The lowest BCUT2D eigenvalue weighted by atomic mass is 10.0. The van der Waals surface area contributed by atoms with E-state index in [1.54, 1.807) is 0 Å². The van der Waals surface area contributed by atoms with Gasteiger partial charge in [-0.1, -0.05) is 26.0 Å². The van der Waals surface area contributed by atoms with Crippen LogP contribution in [-0.2, 0) is 4.79 Å². The van der Waals surface area contributed by atoms with Crippen LogP contribution in [0.4, 0.5) is 5.82 Å². The Morgan fingerprint density at radius 2 is 1.71 bits per heavy atom. The van der Waals surface area contributed by atoms with Gasteiger partial charge < -0.3 is 24.0 Å². The van der Waals surface area contributed by atoms with Gasteiger partial charge in [0.25, 0.3) is 5.91 Å². The second-order valence-electron chi connectivity index (χ2n) is 8.73. The predicted molar refractivity (Wildman–Crippen MR) is 128 cm³/mol. The quantitative estimate of drug-likeness (QED) is 0.555. The standard InChI is InChI=1S/C26H28N4O4/c1-18(2)19-3-6-21(7-4-19)32-16-26(31)30-13-11-29(12-14-30)25-10-8-22(27-28-25)20-5-9-23-24(15-20)34-17-33-23/h3-10,15,18H,11-14,16-17H2,1-2H3. The second kappa shape index (κ2) is 9.59. The molecule has 8 heteroatoms. The third-order valence-corrected chi connectivity index (χ3v) is 6.18. The van der Waals surface area contributed by atoms with Crippen LogP contribution in [0.5, 0.6) is 17.2 Å². The molecule has 0 aliphatic carbocycles. The number of rotatable bonds is 6. The van der Waals surface area contributed by atoms with Gasteiger partial charge in [-0.15, -0.1) is 10.2 Å². The Labute approximate surface area is 199 Å².